The number of fused-ring (bicyclic) bond motifs is 2. The fourth-order valence-electron chi connectivity index (χ4n) is 3.68. The minimum atomic E-state index is -4.56. The molecule has 126 valence electrons. The zero-order valence-electron chi connectivity index (χ0n) is 14.0. The van der Waals surface area contributed by atoms with Crippen LogP contribution in [0, 0.1) is 0 Å². The topological polar surface area (TPSA) is 23.6 Å². The number of likely N-dealkylation sites (N-methyl/N-ethyl adjacent to an activating group) is 1. The number of halogens is 3. The Hall–Kier alpha value is -1.72. The van der Waals surface area contributed by atoms with Gasteiger partial charge < -0.3 is 4.90 Å². The smallest absolute Gasteiger partial charge is 0.371 e. The van der Waals surface area contributed by atoms with E-state index in [0.29, 0.717) is 5.56 Å². The lowest BCUT2D eigenvalue weighted by atomic mass is 9.79. The maximum Gasteiger partial charge on any atom is 0.485 e. The molecule has 2 atom stereocenters. The molecular weight excluding hydrogens is 305 g/mol. The number of Topliss-reactive ketones (excluding diaryl/α,β-unsaturated/α-hetero) is 1. The fourth-order valence-corrected chi connectivity index (χ4v) is 3.68. The van der Waals surface area contributed by atoms with Gasteiger partial charge >= 0.3 is 6.30 Å². The van der Waals surface area contributed by atoms with E-state index >= 15 is 0 Å². The molecule has 3 rings (SSSR count). The van der Waals surface area contributed by atoms with Crippen LogP contribution in [0.2, 0.25) is 0 Å². The monoisotopic (exact) mass is 326 g/mol. The SMILES string of the molecule is CC1C(=O)CN(C(F)(F)F)c2cc3c(cc21)N(C)C(C)C3(C)C. The molecule has 2 heterocycles. The summed E-state index contributed by atoms with van der Waals surface area (Å²) in [6.07, 6.45) is -4.56. The minimum Gasteiger partial charge on any atom is -0.371 e. The summed E-state index contributed by atoms with van der Waals surface area (Å²) >= 11 is 0. The molecule has 0 aromatic heterocycles. The predicted octanol–water partition coefficient (Wildman–Crippen LogP) is 3.81. The van der Waals surface area contributed by atoms with Crippen LogP contribution in [0.4, 0.5) is 24.5 Å². The summed E-state index contributed by atoms with van der Waals surface area (Å²) in [4.78, 5) is 14.4. The molecule has 1 aromatic carbocycles. The van der Waals surface area contributed by atoms with Gasteiger partial charge in [-0.2, -0.15) is 13.2 Å². The number of rotatable bonds is 0. The highest BCUT2D eigenvalue weighted by atomic mass is 19.4. The maximum atomic E-state index is 13.4. The summed E-state index contributed by atoms with van der Waals surface area (Å²) in [6.45, 7) is 7.23. The zero-order valence-corrected chi connectivity index (χ0v) is 14.0. The van der Waals surface area contributed by atoms with Crippen molar-refractivity contribution in [3.05, 3.63) is 23.3 Å². The zero-order chi connectivity index (χ0) is 17.3. The van der Waals surface area contributed by atoms with E-state index in [1.54, 1.807) is 19.1 Å². The van der Waals surface area contributed by atoms with Gasteiger partial charge in [0.2, 0.25) is 0 Å². The van der Waals surface area contributed by atoms with Crippen molar-refractivity contribution in [3.8, 4) is 0 Å². The number of ketones is 1. The summed E-state index contributed by atoms with van der Waals surface area (Å²) < 4.78 is 40.1. The van der Waals surface area contributed by atoms with Crippen molar-refractivity contribution in [2.45, 2.75) is 51.4 Å². The van der Waals surface area contributed by atoms with Gasteiger partial charge in [0.05, 0.1) is 6.54 Å². The Labute approximate surface area is 134 Å². The predicted molar refractivity (Wildman–Crippen MR) is 84.2 cm³/mol. The number of carbonyl (C=O) groups is 1. The first-order valence-corrected chi connectivity index (χ1v) is 7.74. The Morgan fingerprint density at radius 3 is 2.35 bits per heavy atom. The van der Waals surface area contributed by atoms with Crippen molar-refractivity contribution in [3.63, 3.8) is 0 Å². The minimum absolute atomic E-state index is 0.124. The Morgan fingerprint density at radius 1 is 1.17 bits per heavy atom. The van der Waals surface area contributed by atoms with Gasteiger partial charge in [-0.1, -0.05) is 20.8 Å². The summed E-state index contributed by atoms with van der Waals surface area (Å²) in [6, 6.07) is 3.59. The molecule has 0 spiro atoms. The van der Waals surface area contributed by atoms with Crippen LogP contribution in [-0.2, 0) is 10.2 Å². The molecule has 23 heavy (non-hydrogen) atoms. The third-order valence-electron chi connectivity index (χ3n) is 5.70. The highest BCUT2D eigenvalue weighted by Gasteiger charge is 2.47. The second kappa shape index (κ2) is 4.65. The van der Waals surface area contributed by atoms with Crippen molar-refractivity contribution in [1.82, 2.24) is 0 Å². The number of anilines is 2. The number of nitrogens with zero attached hydrogens (tertiary/aromatic N) is 2. The van der Waals surface area contributed by atoms with Crippen LogP contribution in [0.25, 0.3) is 0 Å². The van der Waals surface area contributed by atoms with Crippen molar-refractivity contribution < 1.29 is 18.0 Å². The lowest BCUT2D eigenvalue weighted by Gasteiger charge is -2.35. The molecule has 0 bridgehead atoms. The van der Waals surface area contributed by atoms with E-state index in [-0.39, 0.29) is 22.0 Å². The van der Waals surface area contributed by atoms with Crippen molar-refractivity contribution in [2.24, 2.45) is 0 Å². The number of carbonyl (C=O) groups excluding carboxylic acids is 1. The van der Waals surface area contributed by atoms with E-state index < -0.39 is 24.5 Å². The lowest BCUT2D eigenvalue weighted by molar-refractivity contribution is -0.139. The number of benzene rings is 1. The van der Waals surface area contributed by atoms with E-state index in [1.165, 1.54) is 0 Å². The molecule has 0 saturated carbocycles. The van der Waals surface area contributed by atoms with Crippen molar-refractivity contribution in [1.29, 1.82) is 0 Å². The number of alkyl halides is 3. The van der Waals surface area contributed by atoms with Gasteiger partial charge in [0.1, 0.15) is 0 Å². The quantitative estimate of drug-likeness (QED) is 0.677. The molecule has 6 heteroatoms. The number of hydrogen-bond acceptors (Lipinski definition) is 3. The van der Waals surface area contributed by atoms with Crippen LogP contribution in [0.15, 0.2) is 12.1 Å². The first-order chi connectivity index (χ1) is 10.5. The molecular formula is C17H21F3N2O. The van der Waals surface area contributed by atoms with E-state index in [1.807, 2.05) is 20.9 Å². The number of hydrogen-bond donors (Lipinski definition) is 0. The average molecular weight is 326 g/mol. The maximum absolute atomic E-state index is 13.4. The van der Waals surface area contributed by atoms with Gasteiger partial charge in [-0.05, 0) is 30.2 Å². The van der Waals surface area contributed by atoms with Gasteiger partial charge in [0.25, 0.3) is 0 Å². The normalized spacial score (nSPS) is 26.3. The Balaban J connectivity index is 2.25. The molecule has 3 nitrogen and oxygen atoms in total. The third-order valence-corrected chi connectivity index (χ3v) is 5.70. The van der Waals surface area contributed by atoms with Crippen LogP contribution in [0.3, 0.4) is 0 Å². The Kier molecular flexibility index (Phi) is 3.26. The van der Waals surface area contributed by atoms with Gasteiger partial charge in [-0.25, -0.2) is 0 Å². The fraction of sp³-hybridized carbons (Fsp3) is 0.588. The molecule has 2 unspecified atom stereocenters. The second-order valence-corrected chi connectivity index (χ2v) is 7.18. The third kappa shape index (κ3) is 2.14. The van der Waals surface area contributed by atoms with Crippen molar-refractivity contribution >= 4 is 17.2 Å². The highest BCUT2D eigenvalue weighted by molar-refractivity contribution is 5.95. The van der Waals surface area contributed by atoms with Gasteiger partial charge in [-0.3, -0.25) is 9.69 Å². The van der Waals surface area contributed by atoms with Crippen LogP contribution < -0.4 is 9.80 Å². The van der Waals surface area contributed by atoms with Crippen molar-refractivity contribution in [2.75, 3.05) is 23.4 Å². The molecule has 0 N–H and O–H groups in total. The van der Waals surface area contributed by atoms with Crippen LogP contribution >= 0.6 is 0 Å². The van der Waals surface area contributed by atoms with E-state index in [4.69, 9.17) is 0 Å². The molecule has 0 amide bonds. The van der Waals surface area contributed by atoms with Gasteiger partial charge in [-0.15, -0.1) is 0 Å². The summed E-state index contributed by atoms with van der Waals surface area (Å²) in [7, 11) is 1.95. The Bertz CT molecular complexity index is 681. The summed E-state index contributed by atoms with van der Waals surface area (Å²) in [5.74, 6) is -0.913. The molecule has 0 aliphatic carbocycles. The molecule has 2 aliphatic rings. The van der Waals surface area contributed by atoms with Crippen LogP contribution in [0.1, 0.15) is 44.7 Å². The first kappa shape index (κ1) is 16.1. The van der Waals surface area contributed by atoms with E-state index in [9.17, 15) is 18.0 Å². The second-order valence-electron chi connectivity index (χ2n) is 7.18. The van der Waals surface area contributed by atoms with E-state index in [0.717, 1.165) is 11.3 Å². The lowest BCUT2D eigenvalue weighted by Crippen LogP contribution is -2.46. The highest BCUT2D eigenvalue weighted by Crippen LogP contribution is 2.50. The summed E-state index contributed by atoms with van der Waals surface area (Å²) in [5, 5.41) is 0. The molecule has 0 saturated heterocycles. The van der Waals surface area contributed by atoms with Crippen LogP contribution in [0.5, 0.6) is 0 Å². The van der Waals surface area contributed by atoms with Gasteiger partial charge in [0.15, 0.2) is 5.78 Å². The standard InChI is InChI=1S/C17H21F3N2O/c1-9-11-6-14-12(16(3,4)10(2)21(14)5)7-13(11)22(8-15(9)23)17(18,19)20/h6-7,9-10H,8H2,1-5H3. The van der Waals surface area contributed by atoms with E-state index in [2.05, 4.69) is 11.8 Å². The largest absolute Gasteiger partial charge is 0.485 e. The van der Waals surface area contributed by atoms with Gasteiger partial charge in [0, 0.05) is 35.8 Å². The molecule has 0 radical (unpaired) electrons. The van der Waals surface area contributed by atoms with Crippen LogP contribution in [-0.4, -0.2) is 31.7 Å². The average Bonchev–Trinajstić information content (AvgIpc) is 2.62. The molecule has 1 aromatic rings. The Morgan fingerprint density at radius 2 is 1.78 bits per heavy atom. The summed E-state index contributed by atoms with van der Waals surface area (Å²) in [5.41, 5.74) is 2.17. The molecule has 0 fully saturated rings. The molecule has 2 aliphatic heterocycles. The first-order valence-electron chi connectivity index (χ1n) is 7.74.